The van der Waals surface area contributed by atoms with Crippen LogP contribution in [0.25, 0.3) is 10.9 Å². The van der Waals surface area contributed by atoms with Gasteiger partial charge in [-0.3, -0.25) is 4.98 Å². The van der Waals surface area contributed by atoms with E-state index in [0.717, 1.165) is 10.9 Å². The predicted molar refractivity (Wildman–Crippen MR) is 67.2 cm³/mol. The summed E-state index contributed by atoms with van der Waals surface area (Å²) in [6.45, 7) is 4.25. The van der Waals surface area contributed by atoms with Gasteiger partial charge in [-0.05, 0) is 35.7 Å². The van der Waals surface area contributed by atoms with E-state index >= 15 is 0 Å². The largest absolute Gasteiger partial charge is 0.465 e. The molecule has 3 nitrogen and oxygen atoms in total. The van der Waals surface area contributed by atoms with Crippen molar-refractivity contribution in [2.45, 2.75) is 19.8 Å². The molecule has 1 aromatic heterocycles. The third-order valence-corrected chi connectivity index (χ3v) is 2.82. The summed E-state index contributed by atoms with van der Waals surface area (Å²) in [6, 6.07) is 7.44. The Hall–Kier alpha value is -1.90. The zero-order valence-corrected chi connectivity index (χ0v) is 10.2. The Morgan fingerprint density at radius 2 is 2.06 bits per heavy atom. The van der Waals surface area contributed by atoms with Crippen molar-refractivity contribution < 1.29 is 9.53 Å². The number of rotatable bonds is 2. The number of aromatic nitrogens is 1. The standard InChI is InChI=1S/C14H15NO2/c1-9(2)11-6-7-15-13-5-4-10(8-12(11)13)14(16)17-3/h4-9H,1-3H3. The highest BCUT2D eigenvalue weighted by Crippen LogP contribution is 2.24. The number of esters is 1. The Balaban J connectivity index is 2.65. The van der Waals surface area contributed by atoms with Crippen LogP contribution in [0.3, 0.4) is 0 Å². The van der Waals surface area contributed by atoms with Crippen LogP contribution in [-0.4, -0.2) is 18.1 Å². The van der Waals surface area contributed by atoms with E-state index in [0.29, 0.717) is 11.5 Å². The molecule has 0 fully saturated rings. The van der Waals surface area contributed by atoms with Crippen molar-refractivity contribution >= 4 is 16.9 Å². The summed E-state index contributed by atoms with van der Waals surface area (Å²) >= 11 is 0. The van der Waals surface area contributed by atoms with Crippen molar-refractivity contribution in [2.75, 3.05) is 7.11 Å². The number of pyridine rings is 1. The third-order valence-electron chi connectivity index (χ3n) is 2.82. The van der Waals surface area contributed by atoms with Crippen LogP contribution in [0.4, 0.5) is 0 Å². The van der Waals surface area contributed by atoms with Gasteiger partial charge in [0.1, 0.15) is 0 Å². The molecule has 0 aliphatic rings. The maximum Gasteiger partial charge on any atom is 0.337 e. The first-order chi connectivity index (χ1) is 8.13. The van der Waals surface area contributed by atoms with Gasteiger partial charge in [0.2, 0.25) is 0 Å². The van der Waals surface area contributed by atoms with Gasteiger partial charge in [0.05, 0.1) is 18.2 Å². The Morgan fingerprint density at radius 1 is 1.29 bits per heavy atom. The number of fused-ring (bicyclic) bond motifs is 1. The monoisotopic (exact) mass is 229 g/mol. The van der Waals surface area contributed by atoms with Gasteiger partial charge in [-0.2, -0.15) is 0 Å². The highest BCUT2D eigenvalue weighted by atomic mass is 16.5. The molecule has 0 saturated heterocycles. The van der Waals surface area contributed by atoms with E-state index in [9.17, 15) is 4.79 Å². The van der Waals surface area contributed by atoms with E-state index in [2.05, 4.69) is 18.8 Å². The smallest absolute Gasteiger partial charge is 0.337 e. The molecule has 0 aliphatic heterocycles. The van der Waals surface area contributed by atoms with Gasteiger partial charge < -0.3 is 4.74 Å². The van der Waals surface area contributed by atoms with Crippen LogP contribution in [0, 0.1) is 0 Å². The molecule has 3 heteroatoms. The highest BCUT2D eigenvalue weighted by molar-refractivity contribution is 5.95. The van der Waals surface area contributed by atoms with Crippen molar-refractivity contribution in [3.8, 4) is 0 Å². The number of ether oxygens (including phenoxy) is 1. The molecular weight excluding hydrogens is 214 g/mol. The molecular formula is C14H15NO2. The van der Waals surface area contributed by atoms with E-state index in [-0.39, 0.29) is 5.97 Å². The third kappa shape index (κ3) is 2.13. The molecule has 0 spiro atoms. The second-order valence-corrected chi connectivity index (χ2v) is 4.28. The number of methoxy groups -OCH3 is 1. The first-order valence-electron chi connectivity index (χ1n) is 5.60. The molecule has 0 amide bonds. The molecule has 0 radical (unpaired) electrons. The van der Waals surface area contributed by atoms with Gasteiger partial charge >= 0.3 is 5.97 Å². The van der Waals surface area contributed by atoms with Crippen molar-refractivity contribution in [3.63, 3.8) is 0 Å². The second kappa shape index (κ2) is 4.53. The van der Waals surface area contributed by atoms with Gasteiger partial charge in [-0.25, -0.2) is 4.79 Å². The molecule has 88 valence electrons. The SMILES string of the molecule is COC(=O)c1ccc2nccc(C(C)C)c2c1. The molecule has 0 aliphatic carbocycles. The zero-order valence-electron chi connectivity index (χ0n) is 10.2. The lowest BCUT2D eigenvalue weighted by Crippen LogP contribution is -2.01. The molecule has 1 aromatic carbocycles. The maximum atomic E-state index is 11.5. The molecule has 0 atom stereocenters. The number of hydrogen-bond acceptors (Lipinski definition) is 3. The number of hydrogen-bond donors (Lipinski definition) is 0. The summed E-state index contributed by atoms with van der Waals surface area (Å²) in [5.41, 5.74) is 2.67. The van der Waals surface area contributed by atoms with Crippen LogP contribution in [0.15, 0.2) is 30.5 Å². The summed E-state index contributed by atoms with van der Waals surface area (Å²) < 4.78 is 4.73. The molecule has 0 bridgehead atoms. The Morgan fingerprint density at radius 3 is 2.71 bits per heavy atom. The van der Waals surface area contributed by atoms with Gasteiger partial charge in [0.25, 0.3) is 0 Å². The zero-order chi connectivity index (χ0) is 12.4. The molecule has 1 heterocycles. The minimum Gasteiger partial charge on any atom is -0.465 e. The minimum atomic E-state index is -0.314. The van der Waals surface area contributed by atoms with E-state index < -0.39 is 0 Å². The first-order valence-corrected chi connectivity index (χ1v) is 5.60. The van der Waals surface area contributed by atoms with Gasteiger partial charge in [0.15, 0.2) is 0 Å². The van der Waals surface area contributed by atoms with Gasteiger partial charge in [-0.1, -0.05) is 13.8 Å². The normalized spacial score (nSPS) is 10.8. The average Bonchev–Trinajstić information content (AvgIpc) is 2.36. The molecule has 0 saturated carbocycles. The number of carbonyl (C=O) groups excluding carboxylic acids is 1. The van der Waals surface area contributed by atoms with Crippen LogP contribution < -0.4 is 0 Å². The predicted octanol–water partition coefficient (Wildman–Crippen LogP) is 3.14. The van der Waals surface area contributed by atoms with Crippen molar-refractivity contribution in [2.24, 2.45) is 0 Å². The lowest BCUT2D eigenvalue weighted by Gasteiger charge is -2.10. The molecule has 2 rings (SSSR count). The van der Waals surface area contributed by atoms with Crippen molar-refractivity contribution in [3.05, 3.63) is 41.6 Å². The lowest BCUT2D eigenvalue weighted by atomic mass is 9.98. The summed E-state index contributed by atoms with van der Waals surface area (Å²) in [5, 5.41) is 1.02. The van der Waals surface area contributed by atoms with Crippen LogP contribution in [0.1, 0.15) is 35.7 Å². The number of benzene rings is 1. The van der Waals surface area contributed by atoms with E-state index in [1.807, 2.05) is 18.2 Å². The van der Waals surface area contributed by atoms with E-state index in [1.54, 1.807) is 12.3 Å². The molecule has 2 aromatic rings. The quantitative estimate of drug-likeness (QED) is 0.742. The maximum absolute atomic E-state index is 11.5. The van der Waals surface area contributed by atoms with Crippen molar-refractivity contribution in [1.82, 2.24) is 4.98 Å². The van der Waals surface area contributed by atoms with Gasteiger partial charge in [-0.15, -0.1) is 0 Å². The Bertz CT molecular complexity index is 561. The van der Waals surface area contributed by atoms with Crippen LogP contribution in [-0.2, 0) is 4.74 Å². The summed E-state index contributed by atoms with van der Waals surface area (Å²) in [7, 11) is 1.39. The van der Waals surface area contributed by atoms with Crippen LogP contribution in [0.5, 0.6) is 0 Å². The van der Waals surface area contributed by atoms with Gasteiger partial charge in [0, 0.05) is 11.6 Å². The molecule has 0 unspecified atom stereocenters. The Kier molecular flexibility index (Phi) is 3.09. The fourth-order valence-electron chi connectivity index (χ4n) is 1.92. The first kappa shape index (κ1) is 11.6. The highest BCUT2D eigenvalue weighted by Gasteiger charge is 2.10. The summed E-state index contributed by atoms with van der Waals surface area (Å²) in [5.74, 6) is 0.0823. The average molecular weight is 229 g/mol. The second-order valence-electron chi connectivity index (χ2n) is 4.28. The Labute approximate surface area is 100 Å². The topological polar surface area (TPSA) is 39.2 Å². The fraction of sp³-hybridized carbons (Fsp3) is 0.286. The summed E-state index contributed by atoms with van der Waals surface area (Å²) in [4.78, 5) is 15.8. The summed E-state index contributed by atoms with van der Waals surface area (Å²) in [6.07, 6.45) is 1.80. The lowest BCUT2D eigenvalue weighted by molar-refractivity contribution is 0.0601. The fourth-order valence-corrected chi connectivity index (χ4v) is 1.92. The molecule has 17 heavy (non-hydrogen) atoms. The van der Waals surface area contributed by atoms with E-state index in [1.165, 1.54) is 12.7 Å². The minimum absolute atomic E-state index is 0.314. The molecule has 0 N–H and O–H groups in total. The van der Waals surface area contributed by atoms with Crippen LogP contribution >= 0.6 is 0 Å². The van der Waals surface area contributed by atoms with E-state index in [4.69, 9.17) is 4.74 Å². The van der Waals surface area contributed by atoms with Crippen molar-refractivity contribution in [1.29, 1.82) is 0 Å². The number of carbonyl (C=O) groups is 1. The van der Waals surface area contributed by atoms with Crippen LogP contribution in [0.2, 0.25) is 0 Å². The number of nitrogens with zero attached hydrogens (tertiary/aromatic N) is 1.